The Labute approximate surface area is 270 Å². The number of para-hydroxylation sites is 1. The van der Waals surface area contributed by atoms with Crippen molar-refractivity contribution in [3.8, 4) is 11.5 Å². The van der Waals surface area contributed by atoms with Gasteiger partial charge < -0.3 is 29.4 Å². The molecule has 1 aliphatic heterocycles. The fourth-order valence-electron chi connectivity index (χ4n) is 5.31. The summed E-state index contributed by atoms with van der Waals surface area (Å²) in [5.74, 6) is 0.563. The van der Waals surface area contributed by atoms with E-state index in [-0.39, 0.29) is 19.7 Å². The molecule has 0 unspecified atom stereocenters. The lowest BCUT2D eigenvalue weighted by atomic mass is 10.1. The van der Waals surface area contributed by atoms with Gasteiger partial charge in [0.25, 0.3) is 5.56 Å². The van der Waals surface area contributed by atoms with Gasteiger partial charge in [-0.3, -0.25) is 14.3 Å². The molecule has 2 aromatic heterocycles. The topological polar surface area (TPSA) is 172 Å². The van der Waals surface area contributed by atoms with Crippen LogP contribution in [0.25, 0.3) is 6.08 Å². The third-order valence-electron chi connectivity index (χ3n) is 7.67. The number of rotatable bonds is 14. The van der Waals surface area contributed by atoms with Crippen LogP contribution in [0.4, 0.5) is 0 Å². The van der Waals surface area contributed by atoms with Crippen molar-refractivity contribution in [2.24, 2.45) is 0 Å². The Kier molecular flexibility index (Phi) is 11.0. The zero-order valence-corrected chi connectivity index (χ0v) is 26.4. The maximum Gasteiger partial charge on any atom is 0.335 e. The van der Waals surface area contributed by atoms with E-state index >= 15 is 0 Å². The molecule has 3 heterocycles. The van der Waals surface area contributed by atoms with Crippen LogP contribution in [0.3, 0.4) is 0 Å². The molecule has 0 spiro atoms. The number of nitrogens with one attached hydrogen (secondary N) is 2. The van der Waals surface area contributed by atoms with Crippen molar-refractivity contribution in [1.82, 2.24) is 29.9 Å². The zero-order chi connectivity index (χ0) is 33.3. The third-order valence-corrected chi connectivity index (χ3v) is 7.67. The second kappa shape index (κ2) is 15.5. The van der Waals surface area contributed by atoms with E-state index in [0.29, 0.717) is 53.5 Å². The molecule has 0 aliphatic carbocycles. The molecule has 248 valence electrons. The maximum atomic E-state index is 12.8. The van der Waals surface area contributed by atoms with E-state index < -0.39 is 35.6 Å². The van der Waals surface area contributed by atoms with E-state index in [9.17, 15) is 19.5 Å². The molecule has 0 amide bonds. The number of hydrogen-bond acceptors (Lipinski definition) is 11. The fraction of sp³-hybridized carbons (Fsp3) is 0.364. The van der Waals surface area contributed by atoms with Crippen LogP contribution >= 0.6 is 0 Å². The average Bonchev–Trinajstić information content (AvgIpc) is 3.73. The molecule has 1 fully saturated rings. The molecule has 0 radical (unpaired) electrons. The Morgan fingerprint density at radius 1 is 1.15 bits per heavy atom. The molecule has 2 aromatic carbocycles. The summed E-state index contributed by atoms with van der Waals surface area (Å²) in [6.45, 7) is 4.36. The molecule has 47 heavy (non-hydrogen) atoms. The molecule has 14 heteroatoms. The number of hydrogen-bond donors (Lipinski definition) is 3. The number of ether oxygens (including phenoxy) is 4. The highest BCUT2D eigenvalue weighted by atomic mass is 16.5. The number of nitrogens with zero attached hydrogens (tertiary/aromatic N) is 4. The Morgan fingerprint density at radius 2 is 1.96 bits per heavy atom. The second-order valence-corrected chi connectivity index (χ2v) is 10.9. The highest BCUT2D eigenvalue weighted by Gasteiger charge is 2.38. The summed E-state index contributed by atoms with van der Waals surface area (Å²) in [5.41, 5.74) is 1.88. The summed E-state index contributed by atoms with van der Waals surface area (Å²) in [5, 5.41) is 21.7. The first kappa shape index (κ1) is 33.3. The van der Waals surface area contributed by atoms with Crippen LogP contribution in [0.15, 0.2) is 76.1 Å². The van der Waals surface area contributed by atoms with Crippen molar-refractivity contribution in [3.05, 3.63) is 110 Å². The van der Waals surface area contributed by atoms with Gasteiger partial charge in [-0.15, -0.1) is 5.10 Å². The standard InChI is InChI=1S/C33H38N6O8/c1-4-45-27-12-8-11-23(30(27)46-20-22-9-6-5-7-10-22)13-24(32(42)44-3)15-34-16-25-18-39(37-36-25)26-14-29(47-28(26)19-40)38-17-21(2)31(41)35-33(38)43/h5-13,17-18,26,28-29,34,40H,4,14-16,19-20H2,1-3H3,(H,35,41,43)/b24-13+/t26-,28+,29+/m0/s1. The Bertz CT molecular complexity index is 1820. The minimum Gasteiger partial charge on any atom is -0.490 e. The van der Waals surface area contributed by atoms with Gasteiger partial charge in [0.2, 0.25) is 0 Å². The molecule has 14 nitrogen and oxygen atoms in total. The van der Waals surface area contributed by atoms with Crippen molar-refractivity contribution in [2.45, 2.75) is 51.8 Å². The number of aliphatic hydroxyl groups excluding tert-OH is 1. The van der Waals surface area contributed by atoms with Crippen molar-refractivity contribution >= 4 is 12.0 Å². The predicted molar refractivity (Wildman–Crippen MR) is 171 cm³/mol. The smallest absolute Gasteiger partial charge is 0.335 e. The largest absolute Gasteiger partial charge is 0.490 e. The first-order valence-electron chi connectivity index (χ1n) is 15.2. The van der Waals surface area contributed by atoms with E-state index in [1.54, 1.807) is 23.9 Å². The van der Waals surface area contributed by atoms with E-state index in [2.05, 4.69) is 20.6 Å². The molecular formula is C33H38N6O8. The first-order valence-corrected chi connectivity index (χ1v) is 15.2. The minimum atomic E-state index is -0.707. The number of carbonyl (C=O) groups is 1. The number of aryl methyl sites for hydroxylation is 1. The van der Waals surface area contributed by atoms with E-state index in [1.807, 2.05) is 55.5 Å². The van der Waals surface area contributed by atoms with Gasteiger partial charge in [-0.05, 0) is 31.6 Å². The van der Waals surface area contributed by atoms with Gasteiger partial charge in [-0.25, -0.2) is 14.3 Å². The Balaban J connectivity index is 1.28. The van der Waals surface area contributed by atoms with Gasteiger partial charge in [0, 0.05) is 36.8 Å². The number of benzene rings is 2. The number of methoxy groups -OCH3 is 1. The summed E-state index contributed by atoms with van der Waals surface area (Å²) in [6.07, 6.45) is 3.83. The summed E-state index contributed by atoms with van der Waals surface area (Å²) < 4.78 is 25.9. The number of aromatic nitrogens is 5. The number of esters is 1. The molecule has 0 bridgehead atoms. The normalized spacial score (nSPS) is 17.9. The molecule has 1 aliphatic rings. The van der Waals surface area contributed by atoms with Gasteiger partial charge in [-0.1, -0.05) is 47.7 Å². The van der Waals surface area contributed by atoms with Crippen molar-refractivity contribution < 1.29 is 28.8 Å². The predicted octanol–water partition coefficient (Wildman–Crippen LogP) is 2.28. The van der Waals surface area contributed by atoms with Crippen molar-refractivity contribution in [2.75, 3.05) is 26.9 Å². The van der Waals surface area contributed by atoms with Gasteiger partial charge >= 0.3 is 11.7 Å². The molecular weight excluding hydrogens is 608 g/mol. The summed E-state index contributed by atoms with van der Waals surface area (Å²) in [7, 11) is 1.32. The minimum absolute atomic E-state index is 0.152. The van der Waals surface area contributed by atoms with E-state index in [0.717, 1.165) is 5.56 Å². The number of aliphatic hydroxyl groups is 1. The SMILES string of the molecule is CCOc1cccc(/C=C(\CNCc2cn([C@H]3C[C@H](n4cc(C)c(=O)[nH]c4=O)O[C@@H]3CO)nn2)C(=O)OC)c1OCc1ccccc1. The monoisotopic (exact) mass is 646 g/mol. The van der Waals surface area contributed by atoms with Crippen LogP contribution in [-0.2, 0) is 27.4 Å². The van der Waals surface area contributed by atoms with Gasteiger partial charge in [0.05, 0.1) is 43.8 Å². The number of carbonyl (C=O) groups excluding carboxylic acids is 1. The molecule has 5 rings (SSSR count). The highest BCUT2D eigenvalue weighted by molar-refractivity contribution is 5.94. The second-order valence-electron chi connectivity index (χ2n) is 10.9. The summed E-state index contributed by atoms with van der Waals surface area (Å²) >= 11 is 0. The van der Waals surface area contributed by atoms with E-state index in [4.69, 9.17) is 18.9 Å². The Hall–Kier alpha value is -5.05. The van der Waals surface area contributed by atoms with Crippen molar-refractivity contribution in [3.63, 3.8) is 0 Å². The zero-order valence-electron chi connectivity index (χ0n) is 26.4. The third kappa shape index (κ3) is 8.03. The lowest BCUT2D eigenvalue weighted by Crippen LogP contribution is -2.33. The lowest BCUT2D eigenvalue weighted by Gasteiger charge is -2.16. The maximum absolute atomic E-state index is 12.8. The van der Waals surface area contributed by atoms with Crippen LogP contribution < -0.4 is 26.0 Å². The van der Waals surface area contributed by atoms with Crippen LogP contribution in [0.2, 0.25) is 0 Å². The van der Waals surface area contributed by atoms with Gasteiger partial charge in [-0.2, -0.15) is 0 Å². The molecule has 0 saturated carbocycles. The van der Waals surface area contributed by atoms with Crippen LogP contribution in [0.1, 0.15) is 48.0 Å². The average molecular weight is 647 g/mol. The number of H-pyrrole nitrogens is 1. The highest BCUT2D eigenvalue weighted by Crippen LogP contribution is 2.36. The van der Waals surface area contributed by atoms with Crippen LogP contribution in [0, 0.1) is 6.92 Å². The first-order chi connectivity index (χ1) is 22.8. The van der Waals surface area contributed by atoms with Crippen LogP contribution in [-0.4, -0.2) is 68.6 Å². The number of aromatic amines is 1. The molecule has 4 aromatic rings. The van der Waals surface area contributed by atoms with Gasteiger partial charge in [0.15, 0.2) is 11.5 Å². The fourth-order valence-corrected chi connectivity index (χ4v) is 5.31. The van der Waals surface area contributed by atoms with Crippen molar-refractivity contribution in [1.29, 1.82) is 0 Å². The molecule has 1 saturated heterocycles. The van der Waals surface area contributed by atoms with Crippen LogP contribution in [0.5, 0.6) is 11.5 Å². The Morgan fingerprint density at radius 3 is 2.70 bits per heavy atom. The summed E-state index contributed by atoms with van der Waals surface area (Å²) in [6, 6.07) is 14.8. The molecule has 3 N–H and O–H groups in total. The van der Waals surface area contributed by atoms with E-state index in [1.165, 1.54) is 17.9 Å². The quantitative estimate of drug-likeness (QED) is 0.136. The molecule has 3 atom stereocenters. The van der Waals surface area contributed by atoms with Gasteiger partial charge in [0.1, 0.15) is 18.9 Å². The summed E-state index contributed by atoms with van der Waals surface area (Å²) in [4.78, 5) is 39.3. The lowest BCUT2D eigenvalue weighted by molar-refractivity contribution is -0.136.